The molecule has 0 spiro atoms. The lowest BCUT2D eigenvalue weighted by Gasteiger charge is -2.31. The van der Waals surface area contributed by atoms with Gasteiger partial charge in [0.2, 0.25) is 5.91 Å². The van der Waals surface area contributed by atoms with Crippen LogP contribution in [0.4, 0.5) is 11.4 Å². The van der Waals surface area contributed by atoms with Gasteiger partial charge in [0, 0.05) is 24.4 Å². The molecule has 8 heteroatoms. The van der Waals surface area contributed by atoms with Crippen LogP contribution in [0.5, 0.6) is 0 Å². The highest BCUT2D eigenvalue weighted by molar-refractivity contribution is 5.92. The second-order valence-electron chi connectivity index (χ2n) is 7.46. The first kappa shape index (κ1) is 19.1. The van der Waals surface area contributed by atoms with Gasteiger partial charge in [-0.2, -0.15) is 0 Å². The third kappa shape index (κ3) is 4.60. The van der Waals surface area contributed by atoms with Gasteiger partial charge in [0.05, 0.1) is 28.8 Å². The van der Waals surface area contributed by atoms with Crippen LogP contribution in [-0.2, 0) is 11.3 Å². The van der Waals surface area contributed by atoms with Crippen LogP contribution in [0, 0.1) is 16.0 Å². The summed E-state index contributed by atoms with van der Waals surface area (Å²) in [7, 11) is 0. The molecule has 1 aliphatic heterocycles. The zero-order valence-electron chi connectivity index (χ0n) is 16.0. The summed E-state index contributed by atoms with van der Waals surface area (Å²) in [5, 5.41) is 13.5. The van der Waals surface area contributed by atoms with E-state index in [-0.39, 0.29) is 11.6 Å². The number of hydrogen-bond acceptors (Lipinski definition) is 5. The molecule has 0 bridgehead atoms. The van der Waals surface area contributed by atoms with Gasteiger partial charge < -0.3 is 9.88 Å². The molecule has 2 heterocycles. The number of nitrogens with zero attached hydrogens (tertiary/aromatic N) is 4. The SMILES string of the molecule is O=C(CN1CCC(Cn2cnc3ccccc32)CC1)Nc1ccc([N+](=O)[O-])cc1. The Morgan fingerprint density at radius 1 is 1.14 bits per heavy atom. The maximum atomic E-state index is 12.3. The molecule has 3 aromatic rings. The zero-order valence-corrected chi connectivity index (χ0v) is 16.0. The smallest absolute Gasteiger partial charge is 0.269 e. The molecule has 1 aromatic heterocycles. The average Bonchev–Trinajstić information content (AvgIpc) is 3.13. The maximum absolute atomic E-state index is 12.3. The van der Waals surface area contributed by atoms with Crippen molar-refractivity contribution in [3.63, 3.8) is 0 Å². The number of non-ortho nitro benzene ring substituents is 1. The van der Waals surface area contributed by atoms with Gasteiger partial charge in [-0.25, -0.2) is 4.98 Å². The van der Waals surface area contributed by atoms with Crippen molar-refractivity contribution in [1.82, 2.24) is 14.5 Å². The molecule has 150 valence electrons. The molecule has 2 aromatic carbocycles. The van der Waals surface area contributed by atoms with Gasteiger partial charge in [0.15, 0.2) is 0 Å². The van der Waals surface area contributed by atoms with Crippen molar-refractivity contribution in [2.75, 3.05) is 25.0 Å². The lowest BCUT2D eigenvalue weighted by molar-refractivity contribution is -0.384. The summed E-state index contributed by atoms with van der Waals surface area (Å²) in [5.74, 6) is 0.472. The van der Waals surface area contributed by atoms with Crippen molar-refractivity contribution in [3.8, 4) is 0 Å². The molecule has 0 aliphatic carbocycles. The van der Waals surface area contributed by atoms with Crippen molar-refractivity contribution in [1.29, 1.82) is 0 Å². The summed E-state index contributed by atoms with van der Waals surface area (Å²) in [6.07, 6.45) is 3.99. The van der Waals surface area contributed by atoms with Crippen LogP contribution in [0.15, 0.2) is 54.9 Å². The minimum absolute atomic E-state index is 0.00995. The van der Waals surface area contributed by atoms with Crippen molar-refractivity contribution < 1.29 is 9.72 Å². The van der Waals surface area contributed by atoms with E-state index in [1.807, 2.05) is 24.5 Å². The van der Waals surface area contributed by atoms with Gasteiger partial charge in [-0.3, -0.25) is 19.8 Å². The molecule has 0 unspecified atom stereocenters. The number of benzene rings is 2. The minimum Gasteiger partial charge on any atom is -0.330 e. The molecule has 0 saturated carbocycles. The van der Waals surface area contributed by atoms with E-state index >= 15 is 0 Å². The lowest BCUT2D eigenvalue weighted by atomic mass is 9.96. The molecular weight excluding hydrogens is 370 g/mol. The first-order valence-electron chi connectivity index (χ1n) is 9.75. The number of nitro benzene ring substituents is 1. The molecule has 1 amide bonds. The van der Waals surface area contributed by atoms with Gasteiger partial charge in [-0.15, -0.1) is 0 Å². The Bertz CT molecular complexity index is 1010. The summed E-state index contributed by atoms with van der Waals surface area (Å²) in [4.78, 5) is 29.1. The summed E-state index contributed by atoms with van der Waals surface area (Å²) in [5.41, 5.74) is 2.77. The number of fused-ring (bicyclic) bond motifs is 1. The molecule has 1 N–H and O–H groups in total. The zero-order chi connectivity index (χ0) is 20.2. The van der Waals surface area contributed by atoms with E-state index in [0.717, 1.165) is 43.5 Å². The average molecular weight is 393 g/mol. The van der Waals surface area contributed by atoms with E-state index in [1.165, 1.54) is 12.1 Å². The Kier molecular flexibility index (Phi) is 5.53. The van der Waals surface area contributed by atoms with E-state index in [9.17, 15) is 14.9 Å². The number of nitrogens with one attached hydrogen (secondary N) is 1. The number of anilines is 1. The van der Waals surface area contributed by atoms with Gasteiger partial charge in [0.1, 0.15) is 0 Å². The minimum atomic E-state index is -0.456. The summed E-state index contributed by atoms with van der Waals surface area (Å²) >= 11 is 0. The first-order chi connectivity index (χ1) is 14.1. The normalized spacial score (nSPS) is 15.4. The van der Waals surface area contributed by atoms with Crippen LogP contribution < -0.4 is 5.32 Å². The van der Waals surface area contributed by atoms with E-state index in [4.69, 9.17) is 0 Å². The summed E-state index contributed by atoms with van der Waals surface area (Å²) in [6.45, 7) is 3.04. The van der Waals surface area contributed by atoms with Crippen LogP contribution in [0.3, 0.4) is 0 Å². The van der Waals surface area contributed by atoms with E-state index < -0.39 is 4.92 Å². The number of amides is 1. The van der Waals surface area contributed by atoms with Gasteiger partial charge in [0.25, 0.3) is 5.69 Å². The molecular formula is C21H23N5O3. The fourth-order valence-electron chi connectivity index (χ4n) is 3.83. The highest BCUT2D eigenvalue weighted by atomic mass is 16.6. The largest absolute Gasteiger partial charge is 0.330 e. The first-order valence-corrected chi connectivity index (χ1v) is 9.75. The summed E-state index contributed by atoms with van der Waals surface area (Å²) < 4.78 is 2.22. The van der Waals surface area contributed by atoms with E-state index in [2.05, 4.69) is 25.8 Å². The Hall–Kier alpha value is -3.26. The van der Waals surface area contributed by atoms with E-state index in [0.29, 0.717) is 18.2 Å². The number of nitro groups is 1. The Labute approximate surface area is 168 Å². The van der Waals surface area contributed by atoms with Crippen LogP contribution in [-0.4, -0.2) is 44.9 Å². The van der Waals surface area contributed by atoms with Crippen LogP contribution >= 0.6 is 0 Å². The fourth-order valence-corrected chi connectivity index (χ4v) is 3.83. The van der Waals surface area contributed by atoms with Gasteiger partial charge >= 0.3 is 0 Å². The quantitative estimate of drug-likeness (QED) is 0.512. The molecule has 4 rings (SSSR count). The number of likely N-dealkylation sites (tertiary alicyclic amines) is 1. The number of para-hydroxylation sites is 2. The van der Waals surface area contributed by atoms with Crippen molar-refractivity contribution in [2.45, 2.75) is 19.4 Å². The predicted octanol–water partition coefficient (Wildman–Crippen LogP) is 3.30. The number of piperidine rings is 1. The number of imidazole rings is 1. The van der Waals surface area contributed by atoms with Crippen molar-refractivity contribution >= 4 is 28.3 Å². The number of aromatic nitrogens is 2. The van der Waals surface area contributed by atoms with Crippen LogP contribution in [0.2, 0.25) is 0 Å². The van der Waals surface area contributed by atoms with Crippen molar-refractivity contribution in [2.24, 2.45) is 5.92 Å². The highest BCUT2D eigenvalue weighted by Gasteiger charge is 2.21. The highest BCUT2D eigenvalue weighted by Crippen LogP contribution is 2.22. The third-order valence-electron chi connectivity index (χ3n) is 5.42. The lowest BCUT2D eigenvalue weighted by Crippen LogP contribution is -2.39. The molecule has 1 aliphatic rings. The topological polar surface area (TPSA) is 93.3 Å². The fraction of sp³-hybridized carbons (Fsp3) is 0.333. The Balaban J connectivity index is 1.25. The molecule has 1 saturated heterocycles. The molecule has 1 fully saturated rings. The number of carbonyl (C=O) groups excluding carboxylic acids is 1. The molecule has 0 atom stereocenters. The third-order valence-corrected chi connectivity index (χ3v) is 5.42. The van der Waals surface area contributed by atoms with Gasteiger partial charge in [-0.1, -0.05) is 12.1 Å². The van der Waals surface area contributed by atoms with E-state index in [1.54, 1.807) is 12.1 Å². The predicted molar refractivity (Wildman–Crippen MR) is 111 cm³/mol. The van der Waals surface area contributed by atoms with Crippen molar-refractivity contribution in [3.05, 3.63) is 65.0 Å². The summed E-state index contributed by atoms with van der Waals surface area (Å²) in [6, 6.07) is 14.0. The second-order valence-corrected chi connectivity index (χ2v) is 7.46. The van der Waals surface area contributed by atoms with Crippen LogP contribution in [0.1, 0.15) is 12.8 Å². The number of hydrogen-bond donors (Lipinski definition) is 1. The second kappa shape index (κ2) is 8.40. The standard InChI is InChI=1S/C21H23N5O3/c27-21(23-17-5-7-18(8-6-17)26(28)29)14-24-11-9-16(10-12-24)13-25-15-22-19-3-1-2-4-20(19)25/h1-8,15-16H,9-14H2,(H,23,27). The molecule has 8 nitrogen and oxygen atoms in total. The van der Waals surface area contributed by atoms with Crippen LogP contribution in [0.25, 0.3) is 11.0 Å². The maximum Gasteiger partial charge on any atom is 0.269 e. The Morgan fingerprint density at radius 2 is 1.86 bits per heavy atom. The van der Waals surface area contributed by atoms with Gasteiger partial charge in [-0.05, 0) is 56.1 Å². The Morgan fingerprint density at radius 3 is 2.59 bits per heavy atom. The molecule has 29 heavy (non-hydrogen) atoms. The number of carbonyl (C=O) groups is 1. The molecule has 0 radical (unpaired) electrons. The number of rotatable bonds is 6. The monoisotopic (exact) mass is 393 g/mol.